The standard InChI is InChI=1S/C19H13N3O3S/c23-17-16(9-11-10-20-14-7-3-1-5-12(11)14)26-19(22-17)21-15-8-4-2-6-13(15)18(24)25/h1-10,20H,(H,24,25)(H,21,22,23). The molecule has 3 aromatic rings. The number of para-hydroxylation sites is 2. The number of hydrogen-bond donors (Lipinski definition) is 3. The molecule has 0 radical (unpaired) electrons. The number of amidine groups is 1. The number of nitrogens with one attached hydrogen (secondary N) is 2. The van der Waals surface area contributed by atoms with Gasteiger partial charge < -0.3 is 15.4 Å². The van der Waals surface area contributed by atoms with Crippen LogP contribution in [0.1, 0.15) is 15.9 Å². The van der Waals surface area contributed by atoms with Crippen molar-refractivity contribution in [2.75, 3.05) is 5.32 Å². The summed E-state index contributed by atoms with van der Waals surface area (Å²) in [5.74, 6) is -1.40. The molecule has 26 heavy (non-hydrogen) atoms. The Labute approximate surface area is 152 Å². The minimum atomic E-state index is -1.04. The number of thioether (sulfide) groups is 1. The molecule has 3 N–H and O–H groups in total. The van der Waals surface area contributed by atoms with Crippen LogP contribution < -0.4 is 5.32 Å². The Morgan fingerprint density at radius 1 is 1.15 bits per heavy atom. The number of carboxylic acids is 1. The molecule has 0 fully saturated rings. The molecule has 0 aliphatic carbocycles. The molecule has 2 aromatic carbocycles. The maximum Gasteiger partial charge on any atom is 0.337 e. The lowest BCUT2D eigenvalue weighted by atomic mass is 10.1. The van der Waals surface area contributed by atoms with Crippen LogP contribution in [0.25, 0.3) is 17.0 Å². The second kappa shape index (κ2) is 6.53. The van der Waals surface area contributed by atoms with Crippen LogP contribution in [0, 0.1) is 0 Å². The Hall–Kier alpha value is -3.32. The van der Waals surface area contributed by atoms with Crippen LogP contribution in [0.5, 0.6) is 0 Å². The average Bonchev–Trinajstić information content (AvgIpc) is 3.19. The second-order valence-corrected chi connectivity index (χ2v) is 6.63. The molecule has 4 rings (SSSR count). The largest absolute Gasteiger partial charge is 0.478 e. The van der Waals surface area contributed by atoms with Crippen molar-refractivity contribution in [3.05, 3.63) is 70.8 Å². The molecule has 7 heteroatoms. The molecule has 0 bridgehead atoms. The van der Waals surface area contributed by atoms with Crippen LogP contribution >= 0.6 is 11.8 Å². The minimum Gasteiger partial charge on any atom is -0.478 e. The van der Waals surface area contributed by atoms with Crippen molar-refractivity contribution in [1.29, 1.82) is 0 Å². The van der Waals surface area contributed by atoms with Gasteiger partial charge in [0.05, 0.1) is 16.2 Å². The summed E-state index contributed by atoms with van der Waals surface area (Å²) in [5, 5.41) is 13.6. The van der Waals surface area contributed by atoms with Crippen LogP contribution in [-0.4, -0.2) is 27.1 Å². The summed E-state index contributed by atoms with van der Waals surface area (Å²) in [5.41, 5.74) is 2.41. The van der Waals surface area contributed by atoms with Gasteiger partial charge in [-0.15, -0.1) is 0 Å². The van der Waals surface area contributed by atoms with Gasteiger partial charge >= 0.3 is 5.97 Å². The first-order chi connectivity index (χ1) is 12.6. The first-order valence-corrected chi connectivity index (χ1v) is 8.61. The van der Waals surface area contributed by atoms with E-state index in [2.05, 4.69) is 15.3 Å². The zero-order chi connectivity index (χ0) is 18.1. The molecule has 2 heterocycles. The van der Waals surface area contributed by atoms with Gasteiger partial charge in [0, 0.05) is 22.7 Å². The molecule has 0 saturated carbocycles. The monoisotopic (exact) mass is 363 g/mol. The fourth-order valence-electron chi connectivity index (χ4n) is 2.71. The molecular formula is C19H13N3O3S. The second-order valence-electron chi connectivity index (χ2n) is 5.60. The molecule has 0 saturated heterocycles. The third-order valence-electron chi connectivity index (χ3n) is 3.93. The predicted octanol–water partition coefficient (Wildman–Crippen LogP) is 3.95. The van der Waals surface area contributed by atoms with Crippen LogP contribution in [0.15, 0.2) is 64.6 Å². The molecule has 0 unspecified atom stereocenters. The van der Waals surface area contributed by atoms with Crippen molar-refractivity contribution in [3.63, 3.8) is 0 Å². The molecule has 128 valence electrons. The predicted molar refractivity (Wildman–Crippen MR) is 103 cm³/mol. The van der Waals surface area contributed by atoms with Gasteiger partial charge in [-0.3, -0.25) is 4.79 Å². The number of hydrogen-bond acceptors (Lipinski definition) is 4. The van der Waals surface area contributed by atoms with Gasteiger partial charge in [-0.2, -0.15) is 4.99 Å². The Kier molecular flexibility index (Phi) is 4.06. The zero-order valence-corrected chi connectivity index (χ0v) is 14.2. The first kappa shape index (κ1) is 16.2. The number of nitrogens with zero attached hydrogens (tertiary/aromatic N) is 1. The number of aromatic carboxylic acids is 1. The van der Waals surface area contributed by atoms with E-state index >= 15 is 0 Å². The summed E-state index contributed by atoms with van der Waals surface area (Å²) in [6.45, 7) is 0. The molecular weight excluding hydrogens is 350 g/mol. The van der Waals surface area contributed by atoms with Crippen molar-refractivity contribution in [1.82, 2.24) is 4.98 Å². The third kappa shape index (κ3) is 3.00. The summed E-state index contributed by atoms with van der Waals surface area (Å²) < 4.78 is 0. The van der Waals surface area contributed by atoms with Crippen LogP contribution in [0.4, 0.5) is 5.69 Å². The molecule has 0 atom stereocenters. The van der Waals surface area contributed by atoms with Gasteiger partial charge in [0.1, 0.15) is 0 Å². The van der Waals surface area contributed by atoms with E-state index in [0.29, 0.717) is 15.8 Å². The van der Waals surface area contributed by atoms with Crippen molar-refractivity contribution >= 4 is 51.5 Å². The number of amides is 1. The molecule has 0 spiro atoms. The highest BCUT2D eigenvalue weighted by Crippen LogP contribution is 2.31. The number of benzene rings is 2. The number of carboxylic acid groups (broad SMARTS) is 1. The SMILES string of the molecule is O=C1N=C(Nc2ccccc2C(=O)O)SC1=Cc1c[nH]c2ccccc12. The first-order valence-electron chi connectivity index (χ1n) is 7.80. The van der Waals surface area contributed by atoms with Gasteiger partial charge in [-0.1, -0.05) is 30.3 Å². The van der Waals surface area contributed by atoms with E-state index in [-0.39, 0.29) is 11.5 Å². The van der Waals surface area contributed by atoms with Gasteiger partial charge in [-0.25, -0.2) is 4.79 Å². The Morgan fingerprint density at radius 2 is 1.92 bits per heavy atom. The van der Waals surface area contributed by atoms with Gasteiger partial charge in [0.15, 0.2) is 5.17 Å². The lowest BCUT2D eigenvalue weighted by molar-refractivity contribution is -0.113. The van der Waals surface area contributed by atoms with E-state index in [4.69, 9.17) is 0 Å². The van der Waals surface area contributed by atoms with Crippen molar-refractivity contribution in [2.24, 2.45) is 4.99 Å². The minimum absolute atomic E-state index is 0.123. The number of carbonyl (C=O) groups is 2. The summed E-state index contributed by atoms with van der Waals surface area (Å²) in [6.07, 6.45) is 3.63. The van der Waals surface area contributed by atoms with Crippen molar-refractivity contribution in [2.45, 2.75) is 0 Å². The summed E-state index contributed by atoms with van der Waals surface area (Å²) >= 11 is 1.18. The van der Waals surface area contributed by atoms with Gasteiger partial charge in [0.2, 0.25) is 0 Å². The normalized spacial score (nSPS) is 15.5. The van der Waals surface area contributed by atoms with Crippen LogP contribution in [-0.2, 0) is 4.79 Å². The summed E-state index contributed by atoms with van der Waals surface area (Å²) in [4.78, 5) is 31.1. The number of anilines is 1. The Morgan fingerprint density at radius 3 is 2.77 bits per heavy atom. The topological polar surface area (TPSA) is 94.6 Å². The maximum absolute atomic E-state index is 12.2. The Balaban J connectivity index is 1.59. The fourth-order valence-corrected chi connectivity index (χ4v) is 3.53. The lowest BCUT2D eigenvalue weighted by Crippen LogP contribution is -2.09. The Bertz CT molecular complexity index is 1100. The highest BCUT2D eigenvalue weighted by molar-refractivity contribution is 8.18. The molecule has 1 aromatic heterocycles. The van der Waals surface area contributed by atoms with Gasteiger partial charge in [-0.05, 0) is 36.0 Å². The van der Waals surface area contributed by atoms with Crippen LogP contribution in [0.2, 0.25) is 0 Å². The summed E-state index contributed by atoms with van der Waals surface area (Å²) in [7, 11) is 0. The molecule has 1 aliphatic rings. The summed E-state index contributed by atoms with van der Waals surface area (Å²) in [6, 6.07) is 14.3. The highest BCUT2D eigenvalue weighted by Gasteiger charge is 2.23. The van der Waals surface area contributed by atoms with E-state index in [1.165, 1.54) is 17.8 Å². The molecule has 6 nitrogen and oxygen atoms in total. The quantitative estimate of drug-likeness (QED) is 0.613. The highest BCUT2D eigenvalue weighted by atomic mass is 32.2. The van der Waals surface area contributed by atoms with E-state index in [9.17, 15) is 14.7 Å². The van der Waals surface area contributed by atoms with Crippen molar-refractivity contribution in [3.8, 4) is 0 Å². The number of rotatable bonds is 3. The zero-order valence-electron chi connectivity index (χ0n) is 13.4. The van der Waals surface area contributed by atoms with Crippen LogP contribution in [0.3, 0.4) is 0 Å². The number of H-pyrrole nitrogens is 1. The molecule has 1 amide bonds. The number of aliphatic imine (C=N–C) groups is 1. The lowest BCUT2D eigenvalue weighted by Gasteiger charge is -2.07. The number of aromatic amines is 1. The molecule has 1 aliphatic heterocycles. The van der Waals surface area contributed by atoms with E-state index in [1.54, 1.807) is 24.3 Å². The smallest absolute Gasteiger partial charge is 0.337 e. The third-order valence-corrected chi connectivity index (χ3v) is 4.83. The van der Waals surface area contributed by atoms with E-state index in [1.807, 2.05) is 30.5 Å². The average molecular weight is 363 g/mol. The van der Waals surface area contributed by atoms with Gasteiger partial charge in [0.25, 0.3) is 5.91 Å². The number of carbonyl (C=O) groups excluding carboxylic acids is 1. The number of fused-ring (bicyclic) bond motifs is 1. The van der Waals surface area contributed by atoms with E-state index in [0.717, 1.165) is 16.5 Å². The fraction of sp³-hybridized carbons (Fsp3) is 0. The van der Waals surface area contributed by atoms with Crippen molar-refractivity contribution < 1.29 is 14.7 Å². The maximum atomic E-state index is 12.2. The number of aromatic nitrogens is 1. The van der Waals surface area contributed by atoms with E-state index < -0.39 is 5.97 Å².